The van der Waals surface area contributed by atoms with Crippen molar-refractivity contribution in [2.75, 3.05) is 30.7 Å². The molecular formula is C27H29F3N12O10S2. The van der Waals surface area contributed by atoms with E-state index in [1.807, 2.05) is 18.2 Å². The first kappa shape index (κ1) is 39.4. The third-order valence-electron chi connectivity index (χ3n) is 7.46. The summed E-state index contributed by atoms with van der Waals surface area (Å²) in [6, 6.07) is 8.25. The number of oxime groups is 1. The van der Waals surface area contributed by atoms with Crippen LogP contribution in [-0.2, 0) is 33.9 Å². The minimum Gasteiger partial charge on any atom is -0.489 e. The second-order valence-electron chi connectivity index (χ2n) is 11.7. The summed E-state index contributed by atoms with van der Waals surface area (Å²) in [6.45, 7) is 4.43. The smallest absolute Gasteiger partial charge is 0.489 e. The fraction of sp³-hybridized carbons (Fsp3) is 0.370. The van der Waals surface area contributed by atoms with Gasteiger partial charge in [0.15, 0.2) is 10.8 Å². The number of pyridine rings is 1. The first-order chi connectivity index (χ1) is 25.3. The highest BCUT2D eigenvalue weighted by molar-refractivity contribution is 7.80. The Morgan fingerprint density at radius 2 is 1.94 bits per heavy atom. The highest BCUT2D eigenvalue weighted by Gasteiger charge is 2.58. The monoisotopic (exact) mass is 802 g/mol. The Bertz CT molecular complexity index is 2150. The number of benzene rings is 1. The molecule has 0 spiro atoms. The maximum Gasteiger partial charge on any atom is 0.490 e. The van der Waals surface area contributed by atoms with Crippen molar-refractivity contribution in [1.82, 2.24) is 46.3 Å². The summed E-state index contributed by atoms with van der Waals surface area (Å²) in [6.07, 6.45) is -6.16. The number of aliphatic carboxylic acids is 1. The molecule has 6 rings (SSSR count). The average molecular weight is 803 g/mol. The predicted molar refractivity (Wildman–Crippen MR) is 178 cm³/mol. The fourth-order valence-electron chi connectivity index (χ4n) is 4.64. The van der Waals surface area contributed by atoms with E-state index in [0.717, 1.165) is 41.1 Å². The number of alkyl halides is 3. The highest BCUT2D eigenvalue weighted by atomic mass is 32.3. The molecule has 290 valence electrons. The van der Waals surface area contributed by atoms with E-state index in [1.165, 1.54) is 19.2 Å². The van der Waals surface area contributed by atoms with Gasteiger partial charge in [-0.3, -0.25) is 14.1 Å². The van der Waals surface area contributed by atoms with Gasteiger partial charge in [0.25, 0.3) is 11.8 Å². The first-order valence-electron chi connectivity index (χ1n) is 15.1. The fourth-order valence-corrected chi connectivity index (χ4v) is 5.64. The summed E-state index contributed by atoms with van der Waals surface area (Å²) in [5.41, 5.74) is 4.82. The number of ether oxygens (including phenoxy) is 1. The molecule has 8 N–H and O–H groups in total. The zero-order chi connectivity index (χ0) is 39.4. The number of nitrogens with two attached hydrogens (primary N) is 1. The van der Waals surface area contributed by atoms with Gasteiger partial charge in [0.2, 0.25) is 11.9 Å². The van der Waals surface area contributed by atoms with E-state index in [-0.39, 0.29) is 29.0 Å². The van der Waals surface area contributed by atoms with Crippen molar-refractivity contribution in [1.29, 1.82) is 0 Å². The van der Waals surface area contributed by atoms with Crippen LogP contribution >= 0.6 is 11.3 Å². The van der Waals surface area contributed by atoms with Crippen LogP contribution < -0.4 is 26.4 Å². The van der Waals surface area contributed by atoms with Crippen LogP contribution in [0.15, 0.2) is 40.9 Å². The van der Waals surface area contributed by atoms with Crippen LogP contribution in [0.2, 0.25) is 0 Å². The number of thiazole rings is 1. The maximum absolute atomic E-state index is 13.4. The molecule has 0 bridgehead atoms. The van der Waals surface area contributed by atoms with E-state index in [0.29, 0.717) is 16.9 Å². The zero-order valence-electron chi connectivity index (χ0n) is 27.6. The molecule has 5 heterocycles. The lowest BCUT2D eigenvalue weighted by molar-refractivity contribution is -0.218. The normalized spacial score (nSPS) is 17.7. The number of halogens is 3. The zero-order valence-corrected chi connectivity index (χ0v) is 29.3. The van der Waals surface area contributed by atoms with Crippen LogP contribution in [0, 0.1) is 0 Å². The summed E-state index contributed by atoms with van der Waals surface area (Å²) >= 11 is 1.03. The van der Waals surface area contributed by atoms with E-state index in [1.54, 1.807) is 12.1 Å². The number of carbonyl (C=O) groups is 3. The molecule has 4 aromatic rings. The van der Waals surface area contributed by atoms with Gasteiger partial charge in [-0.2, -0.15) is 31.9 Å². The van der Waals surface area contributed by atoms with Crippen molar-refractivity contribution < 1.29 is 59.5 Å². The Morgan fingerprint density at radius 1 is 1.22 bits per heavy atom. The average Bonchev–Trinajstić information content (AvgIpc) is 3.77. The van der Waals surface area contributed by atoms with Gasteiger partial charge in [0.05, 0.1) is 17.1 Å². The predicted octanol–water partition coefficient (Wildman–Crippen LogP) is 0.185. The second kappa shape index (κ2) is 15.7. The molecule has 2 unspecified atom stereocenters. The number of hydrogen-bond acceptors (Lipinski definition) is 18. The standard InChI is InChI=1S/C25H28N12O8S2.C2HF3O2/c1-25(2)20(23(39)37(25)45-47(40,41)42)31-22(38)19(16-11-46-24(26)30-16)34-44-17(21-32-35-36-33-21)10-43-14-4-5-15-12(7-14)3-6-18(29-15)28-13-8-27-9-13;3-2(4,5)1(6)7/h3-7,11,13,17,20,27H,8-10H2,1-2H3,(H2,26,30)(H,28,29)(H,31,38)(H,40,41,42)(H,32,33,35,36);(H,6,7). The number of aromatic nitrogens is 6. The van der Waals surface area contributed by atoms with Crippen LogP contribution in [0.5, 0.6) is 5.75 Å². The number of hydrogen-bond donors (Lipinski definition) is 7. The number of nitrogens with zero attached hydrogens (tertiary/aromatic N) is 7. The molecule has 2 fully saturated rings. The lowest BCUT2D eigenvalue weighted by Crippen LogP contribution is -2.76. The van der Waals surface area contributed by atoms with Gasteiger partial charge in [-0.25, -0.2) is 14.8 Å². The number of nitrogens with one attached hydrogen (secondary N) is 4. The summed E-state index contributed by atoms with van der Waals surface area (Å²) in [5.74, 6) is -3.29. The van der Waals surface area contributed by atoms with Crippen molar-refractivity contribution in [3.05, 3.63) is 47.2 Å². The second-order valence-corrected chi connectivity index (χ2v) is 13.6. The van der Waals surface area contributed by atoms with E-state index >= 15 is 0 Å². The third kappa shape index (κ3) is 9.60. The number of anilines is 2. The summed E-state index contributed by atoms with van der Waals surface area (Å²) in [5, 5.41) is 36.8. The van der Waals surface area contributed by atoms with Crippen LogP contribution in [0.4, 0.5) is 24.1 Å². The lowest BCUT2D eigenvalue weighted by Gasteiger charge is -2.50. The molecule has 2 atom stereocenters. The first-order valence-corrected chi connectivity index (χ1v) is 17.4. The highest BCUT2D eigenvalue weighted by Crippen LogP contribution is 2.33. The van der Waals surface area contributed by atoms with Crippen molar-refractivity contribution in [3.8, 4) is 5.75 Å². The third-order valence-corrected chi connectivity index (χ3v) is 8.47. The molecule has 0 radical (unpaired) electrons. The van der Waals surface area contributed by atoms with Crippen LogP contribution in [0.3, 0.4) is 0 Å². The number of aromatic amines is 1. The summed E-state index contributed by atoms with van der Waals surface area (Å²) in [7, 11) is -4.99. The Hall–Kier alpha value is -5.77. The van der Waals surface area contributed by atoms with E-state index in [2.05, 4.69) is 56.0 Å². The number of amides is 2. The molecule has 54 heavy (non-hydrogen) atoms. The number of carbonyl (C=O) groups excluding carboxylic acids is 2. The lowest BCUT2D eigenvalue weighted by atomic mass is 9.84. The Labute approximate surface area is 305 Å². The largest absolute Gasteiger partial charge is 0.490 e. The molecule has 2 amide bonds. The Morgan fingerprint density at radius 3 is 2.50 bits per heavy atom. The quantitative estimate of drug-likeness (QED) is 0.0410. The van der Waals surface area contributed by atoms with Gasteiger partial charge in [0.1, 0.15) is 29.9 Å². The number of tetrazole rings is 1. The van der Waals surface area contributed by atoms with E-state index in [9.17, 15) is 31.2 Å². The van der Waals surface area contributed by atoms with Crippen molar-refractivity contribution >= 4 is 67.1 Å². The SMILES string of the molecule is CC1(C)C(NC(=O)C(=NOC(COc2ccc3nc(NC4CNC4)ccc3c2)c2nn[nH]n2)c2csc(N)n2)C(=O)N1OS(=O)(=O)O.O=C(O)C(F)(F)F. The number of H-pyrrole nitrogens is 1. The number of carboxylic acids is 1. The van der Waals surface area contributed by atoms with Gasteiger partial charge in [-0.05, 0) is 44.2 Å². The number of fused-ring (bicyclic) bond motifs is 1. The molecule has 2 aliphatic heterocycles. The number of carboxylic acid groups (broad SMARTS) is 1. The molecule has 2 saturated heterocycles. The maximum atomic E-state index is 13.4. The van der Waals surface area contributed by atoms with Gasteiger partial charge < -0.3 is 36.4 Å². The number of nitrogen functional groups attached to an aromatic ring is 1. The molecule has 0 aliphatic carbocycles. The minimum absolute atomic E-state index is 0.0258. The number of hydroxylamine groups is 2. The van der Waals surface area contributed by atoms with Gasteiger partial charge in [-0.15, -0.1) is 25.8 Å². The van der Waals surface area contributed by atoms with Gasteiger partial charge >= 0.3 is 22.5 Å². The molecular weight excluding hydrogens is 773 g/mol. The topological polar surface area (TPSA) is 311 Å². The summed E-state index contributed by atoms with van der Waals surface area (Å²) < 4.78 is 73.4. The van der Waals surface area contributed by atoms with Gasteiger partial charge in [0, 0.05) is 23.9 Å². The molecule has 22 nitrogen and oxygen atoms in total. The van der Waals surface area contributed by atoms with Crippen LogP contribution in [0.1, 0.15) is 31.5 Å². The molecule has 1 aromatic carbocycles. The Kier molecular flexibility index (Phi) is 11.5. The van der Waals surface area contributed by atoms with Crippen molar-refractivity contribution in [2.45, 2.75) is 43.8 Å². The summed E-state index contributed by atoms with van der Waals surface area (Å²) in [4.78, 5) is 49.3. The minimum atomic E-state index is -5.08. The van der Waals surface area contributed by atoms with Gasteiger partial charge in [-0.1, -0.05) is 10.4 Å². The molecule has 3 aromatic heterocycles. The molecule has 27 heteroatoms. The molecule has 0 saturated carbocycles. The number of β-lactam (4-membered cyclic amide) rings is 1. The van der Waals surface area contributed by atoms with E-state index < -0.39 is 52.0 Å². The van der Waals surface area contributed by atoms with Crippen LogP contribution in [-0.4, -0.2) is 121 Å². The van der Waals surface area contributed by atoms with Crippen LogP contribution in [0.25, 0.3) is 10.9 Å². The Balaban J connectivity index is 0.000000730. The van der Waals surface area contributed by atoms with Crippen molar-refractivity contribution in [2.24, 2.45) is 5.16 Å². The van der Waals surface area contributed by atoms with E-state index in [4.69, 9.17) is 29.8 Å². The number of rotatable bonds is 13. The van der Waals surface area contributed by atoms with Crippen molar-refractivity contribution in [3.63, 3.8) is 0 Å². The molecule has 2 aliphatic rings.